The lowest BCUT2D eigenvalue weighted by Gasteiger charge is -2.17. The maximum Gasteiger partial charge on any atom is 0.175 e. The topological polar surface area (TPSA) is 30.5 Å². The maximum absolute atomic E-state index is 6.02. The molecule has 3 rings (SSSR count). The highest BCUT2D eigenvalue weighted by Crippen LogP contribution is 2.37. The average molecular weight is 489 g/mol. The predicted octanol–water partition coefficient (Wildman–Crippen LogP) is 6.80. The Bertz CT molecular complexity index is 932. The van der Waals surface area contributed by atoms with Crippen molar-refractivity contribution in [2.24, 2.45) is 0 Å². The molecule has 1 unspecified atom stereocenters. The van der Waals surface area contributed by atoms with Crippen LogP contribution >= 0.6 is 27.5 Å². The van der Waals surface area contributed by atoms with E-state index in [1.807, 2.05) is 30.3 Å². The lowest BCUT2D eigenvalue weighted by atomic mass is 10.1. The highest BCUT2D eigenvalue weighted by molar-refractivity contribution is 9.10. The first kappa shape index (κ1) is 22.7. The molecule has 0 aromatic heterocycles. The Labute approximate surface area is 192 Å². The molecule has 3 aromatic rings. The van der Waals surface area contributed by atoms with E-state index in [-0.39, 0.29) is 0 Å². The summed E-state index contributed by atoms with van der Waals surface area (Å²) in [4.78, 5) is 0. The van der Waals surface area contributed by atoms with Crippen LogP contribution in [-0.4, -0.2) is 13.2 Å². The van der Waals surface area contributed by atoms with Crippen molar-refractivity contribution >= 4 is 27.5 Å². The smallest absolute Gasteiger partial charge is 0.175 e. The van der Waals surface area contributed by atoms with Gasteiger partial charge in [-0.3, -0.25) is 0 Å². The minimum atomic E-state index is 0.413. The molecule has 3 nitrogen and oxygen atoms in total. The number of hydrogen-bond acceptors (Lipinski definition) is 3. The Morgan fingerprint density at radius 2 is 1.70 bits per heavy atom. The van der Waals surface area contributed by atoms with Crippen LogP contribution < -0.4 is 14.8 Å². The molecule has 0 fully saturated rings. The van der Waals surface area contributed by atoms with Crippen LogP contribution in [0.4, 0.5) is 0 Å². The summed E-state index contributed by atoms with van der Waals surface area (Å²) < 4.78 is 12.5. The molecular formula is C25H27BrClNO2. The maximum atomic E-state index is 6.02. The van der Waals surface area contributed by atoms with Gasteiger partial charge in [-0.15, -0.1) is 0 Å². The molecule has 0 spiro atoms. The van der Waals surface area contributed by atoms with Crippen molar-refractivity contribution < 1.29 is 9.47 Å². The lowest BCUT2D eigenvalue weighted by molar-refractivity contribution is 0.282. The zero-order chi connectivity index (χ0) is 21.3. The van der Waals surface area contributed by atoms with E-state index in [4.69, 9.17) is 21.1 Å². The minimum Gasteiger partial charge on any atom is -0.493 e. The number of benzene rings is 3. The molecular weight excluding hydrogens is 462 g/mol. The molecule has 30 heavy (non-hydrogen) atoms. The van der Waals surface area contributed by atoms with Crippen LogP contribution in [0.25, 0.3) is 0 Å². The summed E-state index contributed by atoms with van der Waals surface area (Å²) in [7, 11) is 1.66. The number of methoxy groups -OCH3 is 1. The number of rotatable bonds is 10. The normalized spacial score (nSPS) is 11.9. The SMILES string of the molecule is COc1cc(CNC(C)CCc2ccccc2)cc(Br)c1OCc1ccc(Cl)cc1. The molecule has 0 aliphatic carbocycles. The summed E-state index contributed by atoms with van der Waals surface area (Å²) in [5.41, 5.74) is 3.56. The Morgan fingerprint density at radius 1 is 0.967 bits per heavy atom. The number of hydrogen-bond donors (Lipinski definition) is 1. The molecule has 1 atom stereocenters. The molecule has 0 saturated carbocycles. The zero-order valence-corrected chi connectivity index (χ0v) is 19.7. The zero-order valence-electron chi connectivity index (χ0n) is 17.3. The van der Waals surface area contributed by atoms with E-state index in [0.717, 1.165) is 35.0 Å². The number of nitrogens with one attached hydrogen (secondary N) is 1. The standard InChI is InChI=1S/C25H27BrClNO2/c1-18(8-9-19-6-4-3-5-7-19)28-16-21-14-23(26)25(24(15-21)29-2)30-17-20-10-12-22(27)13-11-20/h3-7,10-15,18,28H,8-9,16-17H2,1-2H3. The fourth-order valence-corrected chi connectivity index (χ4v) is 3.90. The molecule has 5 heteroatoms. The first-order valence-corrected chi connectivity index (χ1v) is 11.2. The van der Waals surface area contributed by atoms with Gasteiger partial charge in [-0.2, -0.15) is 0 Å². The number of halogens is 2. The first-order valence-electron chi connectivity index (χ1n) is 10.1. The van der Waals surface area contributed by atoms with Gasteiger partial charge >= 0.3 is 0 Å². The second-order valence-corrected chi connectivity index (χ2v) is 8.62. The summed E-state index contributed by atoms with van der Waals surface area (Å²) in [5.74, 6) is 1.42. The monoisotopic (exact) mass is 487 g/mol. The van der Waals surface area contributed by atoms with E-state index < -0.39 is 0 Å². The number of aryl methyl sites for hydroxylation is 1. The molecule has 1 N–H and O–H groups in total. The van der Waals surface area contributed by atoms with Crippen LogP contribution in [0.1, 0.15) is 30.0 Å². The van der Waals surface area contributed by atoms with Crippen LogP contribution in [0.15, 0.2) is 71.2 Å². The van der Waals surface area contributed by atoms with Crippen molar-refractivity contribution in [2.45, 2.75) is 39.0 Å². The minimum absolute atomic E-state index is 0.413. The van der Waals surface area contributed by atoms with E-state index in [1.54, 1.807) is 7.11 Å². The lowest BCUT2D eigenvalue weighted by Crippen LogP contribution is -2.26. The number of ether oxygens (including phenoxy) is 2. The van der Waals surface area contributed by atoms with Crippen molar-refractivity contribution in [2.75, 3.05) is 7.11 Å². The predicted molar refractivity (Wildman–Crippen MR) is 128 cm³/mol. The van der Waals surface area contributed by atoms with Crippen LogP contribution in [-0.2, 0) is 19.6 Å². The third-order valence-electron chi connectivity index (χ3n) is 4.95. The quantitative estimate of drug-likeness (QED) is 0.340. The molecule has 0 heterocycles. The molecule has 0 aliphatic heterocycles. The van der Waals surface area contributed by atoms with Gasteiger partial charge in [0.2, 0.25) is 0 Å². The molecule has 0 saturated heterocycles. The summed E-state index contributed by atoms with van der Waals surface area (Å²) in [6.07, 6.45) is 2.16. The summed E-state index contributed by atoms with van der Waals surface area (Å²) >= 11 is 9.59. The Balaban J connectivity index is 1.56. The second kappa shape index (κ2) is 11.4. The summed E-state index contributed by atoms with van der Waals surface area (Å²) in [6.45, 7) is 3.43. The van der Waals surface area contributed by atoms with Gasteiger partial charge in [0.05, 0.1) is 11.6 Å². The van der Waals surface area contributed by atoms with E-state index in [2.05, 4.69) is 64.6 Å². The summed E-state index contributed by atoms with van der Waals surface area (Å²) in [5, 5.41) is 4.32. The first-order chi connectivity index (χ1) is 14.5. The van der Waals surface area contributed by atoms with Crippen LogP contribution in [0.3, 0.4) is 0 Å². The van der Waals surface area contributed by atoms with E-state index in [9.17, 15) is 0 Å². The second-order valence-electron chi connectivity index (χ2n) is 7.33. The third-order valence-corrected chi connectivity index (χ3v) is 5.79. The van der Waals surface area contributed by atoms with Crippen LogP contribution in [0.5, 0.6) is 11.5 Å². The van der Waals surface area contributed by atoms with Gasteiger partial charge < -0.3 is 14.8 Å². The highest BCUT2D eigenvalue weighted by Gasteiger charge is 2.13. The Morgan fingerprint density at radius 3 is 2.40 bits per heavy atom. The third kappa shape index (κ3) is 6.76. The fraction of sp³-hybridized carbons (Fsp3) is 0.280. The molecule has 0 bridgehead atoms. The van der Waals surface area contributed by atoms with Crippen molar-refractivity contribution in [1.29, 1.82) is 0 Å². The fourth-order valence-electron chi connectivity index (χ4n) is 3.17. The van der Waals surface area contributed by atoms with Gasteiger partial charge in [0.15, 0.2) is 11.5 Å². The van der Waals surface area contributed by atoms with Crippen molar-refractivity contribution in [3.63, 3.8) is 0 Å². The summed E-state index contributed by atoms with van der Waals surface area (Å²) in [6, 6.07) is 22.7. The van der Waals surface area contributed by atoms with Gasteiger partial charge in [-0.25, -0.2) is 0 Å². The van der Waals surface area contributed by atoms with Gasteiger partial charge in [0.25, 0.3) is 0 Å². The van der Waals surface area contributed by atoms with E-state index in [1.165, 1.54) is 5.56 Å². The van der Waals surface area contributed by atoms with Gasteiger partial charge in [-0.05, 0) is 76.7 Å². The largest absolute Gasteiger partial charge is 0.493 e. The average Bonchev–Trinajstić information content (AvgIpc) is 2.77. The molecule has 0 amide bonds. The molecule has 158 valence electrons. The molecule has 3 aromatic carbocycles. The van der Waals surface area contributed by atoms with Crippen molar-refractivity contribution in [1.82, 2.24) is 5.32 Å². The Hall–Kier alpha value is -2.01. The van der Waals surface area contributed by atoms with Crippen LogP contribution in [0, 0.1) is 0 Å². The van der Waals surface area contributed by atoms with Gasteiger partial charge in [0.1, 0.15) is 6.61 Å². The van der Waals surface area contributed by atoms with Gasteiger partial charge in [0, 0.05) is 17.6 Å². The van der Waals surface area contributed by atoms with Crippen molar-refractivity contribution in [3.8, 4) is 11.5 Å². The van der Waals surface area contributed by atoms with E-state index >= 15 is 0 Å². The van der Waals surface area contributed by atoms with Crippen molar-refractivity contribution in [3.05, 3.63) is 92.9 Å². The Kier molecular flexibility index (Phi) is 8.61. The molecule has 0 radical (unpaired) electrons. The van der Waals surface area contributed by atoms with Gasteiger partial charge in [-0.1, -0.05) is 54.1 Å². The van der Waals surface area contributed by atoms with E-state index in [0.29, 0.717) is 29.2 Å². The van der Waals surface area contributed by atoms with Crippen LogP contribution in [0.2, 0.25) is 5.02 Å². The molecule has 0 aliphatic rings. The highest BCUT2D eigenvalue weighted by atomic mass is 79.9.